The molecule has 4 atom stereocenters. The Kier molecular flexibility index (Phi) is 1.83. The van der Waals surface area contributed by atoms with Crippen molar-refractivity contribution < 1.29 is 14.3 Å². The number of carbonyl (C=O) groups excluding carboxylic acids is 1. The largest absolute Gasteiger partial charge is 0.462 e. The lowest BCUT2D eigenvalue weighted by Crippen LogP contribution is -2.28. The second-order valence-electron chi connectivity index (χ2n) is 3.82. The molecule has 1 aliphatic carbocycles. The molecule has 0 aromatic rings. The molecule has 1 saturated carbocycles. The summed E-state index contributed by atoms with van der Waals surface area (Å²) in [6, 6.07) is 0. The van der Waals surface area contributed by atoms with Crippen molar-refractivity contribution in [2.45, 2.75) is 45.0 Å². The predicted molar refractivity (Wildman–Crippen MR) is 42.6 cm³/mol. The van der Waals surface area contributed by atoms with E-state index in [1.165, 1.54) is 6.92 Å². The predicted octanol–water partition coefficient (Wildman–Crippen LogP) is 1.12. The molecule has 1 heterocycles. The highest BCUT2D eigenvalue weighted by atomic mass is 16.6. The van der Waals surface area contributed by atoms with Crippen molar-refractivity contribution in [1.29, 1.82) is 0 Å². The SMILES string of the molecule is CC(=O)OC1CC(C)C2OC2C1. The van der Waals surface area contributed by atoms with Crippen LogP contribution in [0, 0.1) is 5.92 Å². The van der Waals surface area contributed by atoms with Crippen LogP contribution in [-0.2, 0) is 14.3 Å². The summed E-state index contributed by atoms with van der Waals surface area (Å²) in [7, 11) is 0. The molecule has 0 amide bonds. The van der Waals surface area contributed by atoms with E-state index >= 15 is 0 Å². The van der Waals surface area contributed by atoms with Gasteiger partial charge in [-0.3, -0.25) is 4.79 Å². The number of carbonyl (C=O) groups is 1. The third-order valence-corrected chi connectivity index (χ3v) is 2.65. The number of ether oxygens (including phenoxy) is 2. The van der Waals surface area contributed by atoms with Crippen LogP contribution in [0.2, 0.25) is 0 Å². The Morgan fingerprint density at radius 1 is 1.50 bits per heavy atom. The monoisotopic (exact) mass is 170 g/mol. The highest BCUT2D eigenvalue weighted by molar-refractivity contribution is 5.66. The van der Waals surface area contributed by atoms with Gasteiger partial charge in [0.2, 0.25) is 0 Å². The van der Waals surface area contributed by atoms with Gasteiger partial charge in [0.05, 0.1) is 12.2 Å². The molecule has 2 aliphatic rings. The van der Waals surface area contributed by atoms with Gasteiger partial charge in [-0.2, -0.15) is 0 Å². The fraction of sp³-hybridized carbons (Fsp3) is 0.889. The maximum absolute atomic E-state index is 10.7. The van der Waals surface area contributed by atoms with E-state index in [1.54, 1.807) is 0 Å². The Morgan fingerprint density at radius 2 is 2.25 bits per heavy atom. The van der Waals surface area contributed by atoms with E-state index in [-0.39, 0.29) is 12.1 Å². The highest BCUT2D eigenvalue weighted by Crippen LogP contribution is 2.41. The van der Waals surface area contributed by atoms with Gasteiger partial charge in [-0.15, -0.1) is 0 Å². The minimum Gasteiger partial charge on any atom is -0.462 e. The molecule has 3 nitrogen and oxygen atoms in total. The maximum atomic E-state index is 10.7. The van der Waals surface area contributed by atoms with Crippen LogP contribution >= 0.6 is 0 Å². The van der Waals surface area contributed by atoms with E-state index < -0.39 is 0 Å². The molecule has 0 aromatic carbocycles. The van der Waals surface area contributed by atoms with E-state index in [2.05, 4.69) is 6.92 Å². The van der Waals surface area contributed by atoms with Crippen molar-refractivity contribution in [3.05, 3.63) is 0 Å². The van der Waals surface area contributed by atoms with E-state index in [0.29, 0.717) is 18.1 Å². The second kappa shape index (κ2) is 2.73. The third-order valence-electron chi connectivity index (χ3n) is 2.65. The Labute approximate surface area is 72.0 Å². The third kappa shape index (κ3) is 1.46. The van der Waals surface area contributed by atoms with Gasteiger partial charge >= 0.3 is 5.97 Å². The Hall–Kier alpha value is -0.570. The van der Waals surface area contributed by atoms with Crippen LogP contribution in [0.1, 0.15) is 26.7 Å². The minimum absolute atomic E-state index is 0.0984. The van der Waals surface area contributed by atoms with Crippen LogP contribution in [0.3, 0.4) is 0 Å². The second-order valence-corrected chi connectivity index (χ2v) is 3.82. The van der Waals surface area contributed by atoms with Crippen LogP contribution in [-0.4, -0.2) is 24.3 Å². The van der Waals surface area contributed by atoms with Crippen molar-refractivity contribution in [2.24, 2.45) is 5.92 Å². The summed E-state index contributed by atoms with van der Waals surface area (Å²) in [6.45, 7) is 3.62. The molecule has 0 spiro atoms. The minimum atomic E-state index is -0.175. The lowest BCUT2D eigenvalue weighted by atomic mass is 9.89. The molecule has 1 aliphatic heterocycles. The first-order valence-electron chi connectivity index (χ1n) is 4.49. The van der Waals surface area contributed by atoms with Gasteiger partial charge in [-0.1, -0.05) is 6.92 Å². The molecular formula is C9H14O3. The molecule has 0 bridgehead atoms. The zero-order chi connectivity index (χ0) is 8.72. The average molecular weight is 170 g/mol. The molecule has 3 heteroatoms. The van der Waals surface area contributed by atoms with Crippen molar-refractivity contribution in [2.75, 3.05) is 0 Å². The number of epoxide rings is 1. The zero-order valence-corrected chi connectivity index (χ0v) is 7.45. The van der Waals surface area contributed by atoms with E-state index in [4.69, 9.17) is 9.47 Å². The van der Waals surface area contributed by atoms with Crippen molar-refractivity contribution in [3.8, 4) is 0 Å². The molecule has 2 rings (SSSR count). The topological polar surface area (TPSA) is 38.8 Å². The summed E-state index contributed by atoms with van der Waals surface area (Å²) < 4.78 is 10.6. The number of esters is 1. The van der Waals surface area contributed by atoms with Crippen molar-refractivity contribution in [3.63, 3.8) is 0 Å². The first-order valence-corrected chi connectivity index (χ1v) is 4.49. The normalized spacial score (nSPS) is 44.8. The van der Waals surface area contributed by atoms with Gasteiger partial charge in [0.1, 0.15) is 6.10 Å². The number of fused-ring (bicyclic) bond motifs is 1. The number of hydrogen-bond acceptors (Lipinski definition) is 3. The number of rotatable bonds is 1. The lowest BCUT2D eigenvalue weighted by molar-refractivity contribution is -0.147. The standard InChI is InChI=1S/C9H14O3/c1-5-3-7(11-6(2)10)4-8-9(5)12-8/h5,7-9H,3-4H2,1-2H3. The molecular weight excluding hydrogens is 156 g/mol. The van der Waals surface area contributed by atoms with E-state index in [0.717, 1.165) is 12.8 Å². The summed E-state index contributed by atoms with van der Waals surface area (Å²) in [5.74, 6) is 0.374. The summed E-state index contributed by atoms with van der Waals surface area (Å²) in [4.78, 5) is 10.7. The molecule has 0 radical (unpaired) electrons. The zero-order valence-electron chi connectivity index (χ0n) is 7.45. The Bertz CT molecular complexity index is 202. The maximum Gasteiger partial charge on any atom is 0.302 e. The van der Waals surface area contributed by atoms with E-state index in [9.17, 15) is 4.79 Å². The van der Waals surface area contributed by atoms with Crippen LogP contribution in [0.25, 0.3) is 0 Å². The van der Waals surface area contributed by atoms with Gasteiger partial charge in [-0.25, -0.2) is 0 Å². The van der Waals surface area contributed by atoms with Crippen LogP contribution in [0.4, 0.5) is 0 Å². The van der Waals surface area contributed by atoms with Gasteiger partial charge < -0.3 is 9.47 Å². The summed E-state index contributed by atoms with van der Waals surface area (Å²) in [5, 5.41) is 0. The van der Waals surface area contributed by atoms with Gasteiger partial charge in [0, 0.05) is 13.3 Å². The fourth-order valence-electron chi connectivity index (χ4n) is 2.08. The van der Waals surface area contributed by atoms with Crippen LogP contribution < -0.4 is 0 Å². The fourth-order valence-corrected chi connectivity index (χ4v) is 2.08. The van der Waals surface area contributed by atoms with Gasteiger partial charge in [-0.05, 0) is 12.3 Å². The lowest BCUT2D eigenvalue weighted by Gasteiger charge is -2.22. The van der Waals surface area contributed by atoms with Crippen molar-refractivity contribution in [1.82, 2.24) is 0 Å². The molecule has 0 aromatic heterocycles. The van der Waals surface area contributed by atoms with E-state index in [1.807, 2.05) is 0 Å². The van der Waals surface area contributed by atoms with Crippen molar-refractivity contribution >= 4 is 5.97 Å². The molecule has 1 saturated heterocycles. The molecule has 12 heavy (non-hydrogen) atoms. The average Bonchev–Trinajstić information content (AvgIpc) is 2.64. The molecule has 2 fully saturated rings. The first kappa shape index (κ1) is 8.05. The van der Waals surface area contributed by atoms with Crippen LogP contribution in [0.5, 0.6) is 0 Å². The first-order chi connectivity index (χ1) is 5.66. The number of hydrogen-bond donors (Lipinski definition) is 0. The highest BCUT2D eigenvalue weighted by Gasteiger charge is 2.49. The van der Waals surface area contributed by atoms with Gasteiger partial charge in [0.25, 0.3) is 0 Å². The summed E-state index contributed by atoms with van der Waals surface area (Å²) >= 11 is 0. The molecule has 68 valence electrons. The Morgan fingerprint density at radius 3 is 2.83 bits per heavy atom. The quantitative estimate of drug-likeness (QED) is 0.437. The smallest absolute Gasteiger partial charge is 0.302 e. The summed E-state index contributed by atoms with van der Waals surface area (Å²) in [6.07, 6.45) is 2.78. The van der Waals surface area contributed by atoms with Crippen LogP contribution in [0.15, 0.2) is 0 Å². The molecule has 0 N–H and O–H groups in total. The van der Waals surface area contributed by atoms with Gasteiger partial charge in [0.15, 0.2) is 0 Å². The Balaban J connectivity index is 1.88. The molecule has 4 unspecified atom stereocenters. The summed E-state index contributed by atoms with van der Waals surface area (Å²) in [5.41, 5.74) is 0.